The number of fused-ring (bicyclic) bond motifs is 1. The first-order valence-corrected chi connectivity index (χ1v) is 10.1. The molecule has 0 aliphatic rings. The molecule has 4 heterocycles. The summed E-state index contributed by atoms with van der Waals surface area (Å²) in [6, 6.07) is 13.0. The summed E-state index contributed by atoms with van der Waals surface area (Å²) in [7, 11) is 0. The Balaban J connectivity index is 1.34. The smallest absolute Gasteiger partial charge is 0.223 e. The lowest BCUT2D eigenvalue weighted by molar-refractivity contribution is 0.997. The van der Waals surface area contributed by atoms with Crippen molar-refractivity contribution in [2.45, 2.75) is 6.54 Å². The molecule has 2 N–H and O–H groups in total. The lowest BCUT2D eigenvalue weighted by Crippen LogP contribution is -2.05. The highest BCUT2D eigenvalue weighted by atomic mass is 35.5. The monoisotopic (exact) mass is 438 g/mol. The standard InChI is InChI=1S/C23H15ClN8/c24-17-3-5-19(27-13-17)14-28-23-26-10-8-21(31-23)22-25-9-7-18(30-22)4-1-15-2-6-20-16(11-15)12-29-32-20/h2-3,5-13H,14H2,(H,29,32)(H,26,28,31). The third kappa shape index (κ3) is 4.53. The van der Waals surface area contributed by atoms with Gasteiger partial charge in [0.2, 0.25) is 5.95 Å². The van der Waals surface area contributed by atoms with E-state index in [-0.39, 0.29) is 0 Å². The van der Waals surface area contributed by atoms with Crippen molar-refractivity contribution in [3.8, 4) is 23.4 Å². The van der Waals surface area contributed by atoms with Crippen molar-refractivity contribution in [2.75, 3.05) is 5.32 Å². The Bertz CT molecular complexity index is 1450. The average molecular weight is 439 g/mol. The second kappa shape index (κ2) is 8.79. The van der Waals surface area contributed by atoms with Crippen LogP contribution in [-0.4, -0.2) is 35.1 Å². The number of benzene rings is 1. The summed E-state index contributed by atoms with van der Waals surface area (Å²) in [5, 5.41) is 11.7. The zero-order valence-electron chi connectivity index (χ0n) is 16.6. The molecule has 0 aliphatic heterocycles. The van der Waals surface area contributed by atoms with Crippen LogP contribution in [0.4, 0.5) is 5.95 Å². The van der Waals surface area contributed by atoms with Gasteiger partial charge in [0.1, 0.15) is 11.4 Å². The van der Waals surface area contributed by atoms with Gasteiger partial charge in [-0.2, -0.15) is 5.10 Å². The van der Waals surface area contributed by atoms with E-state index in [4.69, 9.17) is 11.6 Å². The van der Waals surface area contributed by atoms with Crippen LogP contribution < -0.4 is 5.32 Å². The minimum absolute atomic E-state index is 0.452. The molecule has 0 amide bonds. The maximum absolute atomic E-state index is 5.87. The van der Waals surface area contributed by atoms with E-state index in [0.717, 1.165) is 22.2 Å². The Hall–Kier alpha value is -4.35. The third-order valence-electron chi connectivity index (χ3n) is 4.53. The van der Waals surface area contributed by atoms with Crippen molar-refractivity contribution in [2.24, 2.45) is 0 Å². The van der Waals surface area contributed by atoms with Gasteiger partial charge in [0.25, 0.3) is 0 Å². The summed E-state index contributed by atoms with van der Waals surface area (Å²) >= 11 is 5.87. The fourth-order valence-electron chi connectivity index (χ4n) is 2.96. The number of hydrogen-bond acceptors (Lipinski definition) is 7. The van der Waals surface area contributed by atoms with Crippen LogP contribution in [0.1, 0.15) is 17.0 Å². The van der Waals surface area contributed by atoms with Gasteiger partial charge in [-0.15, -0.1) is 0 Å². The molecule has 0 bridgehead atoms. The van der Waals surface area contributed by atoms with E-state index < -0.39 is 0 Å². The summed E-state index contributed by atoms with van der Waals surface area (Å²) in [6.07, 6.45) is 6.69. The second-order valence-corrected chi connectivity index (χ2v) is 7.21. The van der Waals surface area contributed by atoms with Crippen LogP contribution in [0.5, 0.6) is 0 Å². The first-order chi connectivity index (χ1) is 15.7. The molecule has 0 radical (unpaired) electrons. The normalized spacial score (nSPS) is 10.5. The van der Waals surface area contributed by atoms with Crippen molar-refractivity contribution >= 4 is 28.5 Å². The average Bonchev–Trinajstić information content (AvgIpc) is 3.31. The van der Waals surface area contributed by atoms with Crippen LogP contribution in [0.15, 0.2) is 67.3 Å². The first kappa shape index (κ1) is 19.6. The van der Waals surface area contributed by atoms with Gasteiger partial charge in [-0.3, -0.25) is 10.1 Å². The van der Waals surface area contributed by atoms with Crippen LogP contribution in [0.25, 0.3) is 22.4 Å². The topological polar surface area (TPSA) is 105 Å². The summed E-state index contributed by atoms with van der Waals surface area (Å²) in [4.78, 5) is 21.9. The molecule has 0 saturated heterocycles. The molecule has 0 fully saturated rings. The van der Waals surface area contributed by atoms with Gasteiger partial charge in [0.05, 0.1) is 29.0 Å². The van der Waals surface area contributed by atoms with Crippen molar-refractivity contribution in [3.63, 3.8) is 0 Å². The number of rotatable bonds is 4. The van der Waals surface area contributed by atoms with E-state index >= 15 is 0 Å². The zero-order chi connectivity index (χ0) is 21.8. The summed E-state index contributed by atoms with van der Waals surface area (Å²) in [6.45, 7) is 0.466. The Morgan fingerprint density at radius 3 is 2.75 bits per heavy atom. The molecule has 0 atom stereocenters. The molecule has 9 heteroatoms. The number of anilines is 1. The first-order valence-electron chi connectivity index (χ1n) is 9.69. The van der Waals surface area contributed by atoms with Crippen molar-refractivity contribution in [1.29, 1.82) is 0 Å². The fourth-order valence-corrected chi connectivity index (χ4v) is 3.07. The van der Waals surface area contributed by atoms with E-state index in [9.17, 15) is 0 Å². The van der Waals surface area contributed by atoms with Crippen LogP contribution in [0, 0.1) is 11.8 Å². The Kier molecular flexibility index (Phi) is 5.39. The van der Waals surface area contributed by atoms with Gasteiger partial charge in [-0.25, -0.2) is 19.9 Å². The minimum Gasteiger partial charge on any atom is -0.349 e. The van der Waals surface area contributed by atoms with E-state index in [0.29, 0.717) is 34.7 Å². The Morgan fingerprint density at radius 2 is 1.84 bits per heavy atom. The number of nitrogens with zero attached hydrogens (tertiary/aromatic N) is 6. The second-order valence-electron chi connectivity index (χ2n) is 6.77. The highest BCUT2D eigenvalue weighted by Gasteiger charge is 2.06. The van der Waals surface area contributed by atoms with Gasteiger partial charge in [-0.05, 0) is 48.4 Å². The number of H-pyrrole nitrogens is 1. The van der Waals surface area contributed by atoms with Crippen molar-refractivity contribution in [1.82, 2.24) is 35.1 Å². The van der Waals surface area contributed by atoms with Gasteiger partial charge >= 0.3 is 0 Å². The van der Waals surface area contributed by atoms with Gasteiger partial charge in [0.15, 0.2) is 5.82 Å². The Morgan fingerprint density at radius 1 is 0.906 bits per heavy atom. The van der Waals surface area contributed by atoms with Gasteiger partial charge in [-0.1, -0.05) is 17.5 Å². The summed E-state index contributed by atoms with van der Waals surface area (Å²) in [5.41, 5.74) is 3.87. The predicted molar refractivity (Wildman–Crippen MR) is 122 cm³/mol. The highest BCUT2D eigenvalue weighted by molar-refractivity contribution is 6.30. The molecule has 4 aromatic heterocycles. The van der Waals surface area contributed by atoms with Crippen LogP contribution in [-0.2, 0) is 6.54 Å². The molecular weight excluding hydrogens is 424 g/mol. The summed E-state index contributed by atoms with van der Waals surface area (Å²) < 4.78 is 0. The van der Waals surface area contributed by atoms with Gasteiger partial charge < -0.3 is 5.32 Å². The van der Waals surface area contributed by atoms with Crippen molar-refractivity contribution < 1.29 is 0 Å². The molecule has 32 heavy (non-hydrogen) atoms. The van der Waals surface area contributed by atoms with E-state index in [1.807, 2.05) is 24.3 Å². The zero-order valence-corrected chi connectivity index (χ0v) is 17.4. The minimum atomic E-state index is 0.452. The molecule has 5 aromatic rings. The van der Waals surface area contributed by atoms with Crippen LogP contribution in [0.2, 0.25) is 5.02 Å². The number of aromatic nitrogens is 7. The highest BCUT2D eigenvalue weighted by Crippen LogP contribution is 2.15. The molecule has 0 spiro atoms. The van der Waals surface area contributed by atoms with E-state index in [1.54, 1.807) is 43.0 Å². The predicted octanol–water partition coefficient (Wildman–Crippen LogP) is 3.87. The fraction of sp³-hybridized carbons (Fsp3) is 0.0435. The Labute approximate surface area is 188 Å². The van der Waals surface area contributed by atoms with Crippen molar-refractivity contribution in [3.05, 3.63) is 89.2 Å². The maximum atomic E-state index is 5.87. The van der Waals surface area contributed by atoms with Crippen LogP contribution in [0.3, 0.4) is 0 Å². The summed E-state index contributed by atoms with van der Waals surface area (Å²) in [5.74, 6) is 7.14. The molecule has 0 aliphatic carbocycles. The van der Waals surface area contributed by atoms with E-state index in [1.165, 1.54) is 0 Å². The van der Waals surface area contributed by atoms with Crippen LogP contribution >= 0.6 is 11.6 Å². The molecule has 0 unspecified atom stereocenters. The number of hydrogen-bond donors (Lipinski definition) is 2. The molecule has 0 saturated carbocycles. The number of halogens is 1. The molecule has 8 nitrogen and oxygen atoms in total. The number of nitrogens with one attached hydrogen (secondary N) is 2. The largest absolute Gasteiger partial charge is 0.349 e. The lowest BCUT2D eigenvalue weighted by Gasteiger charge is -2.06. The number of pyridine rings is 1. The van der Waals surface area contributed by atoms with E-state index in [2.05, 4.69) is 52.3 Å². The molecule has 1 aromatic carbocycles. The number of aromatic amines is 1. The molecular formula is C23H15ClN8. The lowest BCUT2D eigenvalue weighted by atomic mass is 10.1. The quantitative estimate of drug-likeness (QED) is 0.410. The maximum Gasteiger partial charge on any atom is 0.223 e. The molecule has 154 valence electrons. The SMILES string of the molecule is Clc1ccc(CNc2nccc(-c3nccc(C#Cc4ccc5[nH]ncc5c4)n3)n2)nc1. The molecule has 5 rings (SSSR count). The van der Waals surface area contributed by atoms with Gasteiger partial charge in [0, 0.05) is 29.5 Å². The third-order valence-corrected chi connectivity index (χ3v) is 4.76.